The predicted molar refractivity (Wildman–Crippen MR) is 108 cm³/mol. The van der Waals surface area contributed by atoms with Crippen molar-refractivity contribution in [3.63, 3.8) is 0 Å². The number of β-amino-alcohol motifs (C(OH)–C–C–N with tert-alkyl or cyclic N) is 1. The lowest BCUT2D eigenvalue weighted by Crippen LogP contribution is -2.48. The average Bonchev–Trinajstić information content (AvgIpc) is 2.66. The van der Waals surface area contributed by atoms with Crippen molar-refractivity contribution < 1.29 is 14.6 Å². The minimum Gasteiger partial charge on any atom is -0.389 e. The van der Waals surface area contributed by atoms with Crippen molar-refractivity contribution in [2.75, 3.05) is 32.8 Å². The summed E-state index contributed by atoms with van der Waals surface area (Å²) in [6.07, 6.45) is -0.0699. The Hall–Kier alpha value is -1.72. The van der Waals surface area contributed by atoms with Crippen LogP contribution < -0.4 is 0 Å². The van der Waals surface area contributed by atoms with Crippen LogP contribution in [0.5, 0.6) is 0 Å². The molecule has 1 fully saturated rings. The quantitative estimate of drug-likeness (QED) is 0.775. The molecule has 4 heteroatoms. The van der Waals surface area contributed by atoms with Crippen LogP contribution in [0.25, 0.3) is 0 Å². The normalized spacial score (nSPS) is 22.1. The van der Waals surface area contributed by atoms with Gasteiger partial charge in [-0.15, -0.1) is 0 Å². The van der Waals surface area contributed by atoms with Gasteiger partial charge in [-0.05, 0) is 25.0 Å². The Balaban J connectivity index is 1.53. The van der Waals surface area contributed by atoms with Crippen LogP contribution >= 0.6 is 0 Å². The van der Waals surface area contributed by atoms with Crippen molar-refractivity contribution in [3.05, 3.63) is 71.8 Å². The zero-order valence-electron chi connectivity index (χ0n) is 16.3. The molecule has 0 spiro atoms. The Morgan fingerprint density at radius 2 is 1.44 bits per heavy atom. The van der Waals surface area contributed by atoms with E-state index in [0.717, 1.165) is 13.1 Å². The lowest BCUT2D eigenvalue weighted by molar-refractivity contribution is -0.0821. The second-order valence-electron chi connectivity index (χ2n) is 7.54. The van der Waals surface area contributed by atoms with E-state index in [9.17, 15) is 5.11 Å². The Kier molecular flexibility index (Phi) is 7.41. The summed E-state index contributed by atoms with van der Waals surface area (Å²) < 4.78 is 11.7. The highest BCUT2D eigenvalue weighted by atomic mass is 16.5. The molecule has 3 atom stereocenters. The lowest BCUT2D eigenvalue weighted by atomic mass is 9.92. The van der Waals surface area contributed by atoms with Crippen LogP contribution in [0.1, 0.15) is 30.9 Å². The van der Waals surface area contributed by atoms with Crippen molar-refractivity contribution in [1.82, 2.24) is 4.90 Å². The van der Waals surface area contributed by atoms with E-state index in [0.29, 0.717) is 19.8 Å². The van der Waals surface area contributed by atoms with E-state index in [1.807, 2.05) is 12.1 Å². The number of aliphatic hydroxyl groups excluding tert-OH is 1. The van der Waals surface area contributed by atoms with Gasteiger partial charge in [-0.2, -0.15) is 0 Å². The summed E-state index contributed by atoms with van der Waals surface area (Å²) in [5, 5.41) is 10.4. The van der Waals surface area contributed by atoms with Crippen LogP contribution in [0, 0.1) is 0 Å². The molecule has 4 nitrogen and oxygen atoms in total. The first-order valence-electron chi connectivity index (χ1n) is 9.85. The fraction of sp³-hybridized carbons (Fsp3) is 0.478. The van der Waals surface area contributed by atoms with Gasteiger partial charge in [0.2, 0.25) is 0 Å². The molecule has 0 bridgehead atoms. The molecule has 0 aromatic heterocycles. The van der Waals surface area contributed by atoms with E-state index in [1.165, 1.54) is 11.1 Å². The summed E-state index contributed by atoms with van der Waals surface area (Å²) in [6, 6.07) is 20.8. The van der Waals surface area contributed by atoms with Gasteiger partial charge in [0.15, 0.2) is 0 Å². The summed E-state index contributed by atoms with van der Waals surface area (Å²) >= 11 is 0. The third-order valence-electron chi connectivity index (χ3n) is 4.96. The van der Waals surface area contributed by atoms with Crippen molar-refractivity contribution in [2.24, 2.45) is 0 Å². The van der Waals surface area contributed by atoms with Crippen molar-refractivity contribution in [1.29, 1.82) is 0 Å². The fourth-order valence-corrected chi connectivity index (χ4v) is 3.86. The van der Waals surface area contributed by atoms with Crippen LogP contribution in [0.3, 0.4) is 0 Å². The number of ether oxygens (including phenoxy) is 2. The predicted octanol–water partition coefficient (Wildman–Crippen LogP) is 3.31. The summed E-state index contributed by atoms with van der Waals surface area (Å²) in [5.74, 6) is 0.169. The van der Waals surface area contributed by atoms with Crippen LogP contribution in [0.2, 0.25) is 0 Å². The molecule has 1 heterocycles. The van der Waals surface area contributed by atoms with Gasteiger partial charge < -0.3 is 14.6 Å². The molecule has 2 aromatic carbocycles. The van der Waals surface area contributed by atoms with E-state index in [1.54, 1.807) is 0 Å². The highest BCUT2D eigenvalue weighted by Crippen LogP contribution is 2.24. The van der Waals surface area contributed by atoms with Gasteiger partial charge in [-0.3, -0.25) is 4.90 Å². The van der Waals surface area contributed by atoms with Gasteiger partial charge in [-0.1, -0.05) is 60.7 Å². The maximum absolute atomic E-state index is 10.4. The molecule has 0 radical (unpaired) electrons. The molecule has 27 heavy (non-hydrogen) atoms. The van der Waals surface area contributed by atoms with Gasteiger partial charge in [0.1, 0.15) is 0 Å². The van der Waals surface area contributed by atoms with Gasteiger partial charge in [0.25, 0.3) is 0 Å². The minimum atomic E-state index is -0.491. The van der Waals surface area contributed by atoms with E-state index in [2.05, 4.69) is 67.3 Å². The molecule has 146 valence electrons. The van der Waals surface area contributed by atoms with Crippen LogP contribution in [-0.2, 0) is 9.47 Å². The Morgan fingerprint density at radius 3 is 1.96 bits per heavy atom. The monoisotopic (exact) mass is 369 g/mol. The van der Waals surface area contributed by atoms with Crippen molar-refractivity contribution in [3.8, 4) is 0 Å². The zero-order valence-corrected chi connectivity index (χ0v) is 16.3. The van der Waals surface area contributed by atoms with Gasteiger partial charge in [0.05, 0.1) is 31.5 Å². The topological polar surface area (TPSA) is 41.9 Å². The Bertz CT molecular complexity index is 614. The third kappa shape index (κ3) is 6.15. The van der Waals surface area contributed by atoms with Crippen molar-refractivity contribution in [2.45, 2.75) is 38.1 Å². The summed E-state index contributed by atoms with van der Waals surface area (Å²) in [7, 11) is 0. The second-order valence-corrected chi connectivity index (χ2v) is 7.54. The van der Waals surface area contributed by atoms with Crippen LogP contribution in [-0.4, -0.2) is 61.2 Å². The molecule has 0 aliphatic carbocycles. The number of aliphatic hydroxyl groups is 1. The molecule has 0 unspecified atom stereocenters. The molecule has 1 saturated heterocycles. The van der Waals surface area contributed by atoms with E-state index < -0.39 is 6.10 Å². The molecular weight excluding hydrogens is 338 g/mol. The summed E-state index contributed by atoms with van der Waals surface area (Å²) in [4.78, 5) is 2.26. The smallest absolute Gasteiger partial charge is 0.0900 e. The molecule has 0 amide bonds. The first kappa shape index (κ1) is 20.0. The number of hydrogen-bond acceptors (Lipinski definition) is 4. The molecule has 1 N–H and O–H groups in total. The number of rotatable bonds is 8. The van der Waals surface area contributed by atoms with Gasteiger partial charge in [0, 0.05) is 25.6 Å². The first-order valence-corrected chi connectivity index (χ1v) is 9.85. The highest BCUT2D eigenvalue weighted by molar-refractivity contribution is 5.32. The molecule has 1 aliphatic heterocycles. The second kappa shape index (κ2) is 10.00. The average molecular weight is 370 g/mol. The summed E-state index contributed by atoms with van der Waals surface area (Å²) in [5.41, 5.74) is 2.46. The number of morpholine rings is 1. The number of nitrogens with zero attached hydrogens (tertiary/aromatic N) is 1. The molecule has 3 rings (SSSR count). The van der Waals surface area contributed by atoms with Crippen LogP contribution in [0.15, 0.2) is 60.7 Å². The van der Waals surface area contributed by atoms with Crippen LogP contribution in [0.4, 0.5) is 0 Å². The maximum atomic E-state index is 10.4. The third-order valence-corrected chi connectivity index (χ3v) is 4.96. The van der Waals surface area contributed by atoms with E-state index >= 15 is 0 Å². The number of hydrogen-bond donors (Lipinski definition) is 1. The fourth-order valence-electron chi connectivity index (χ4n) is 3.86. The maximum Gasteiger partial charge on any atom is 0.0900 e. The van der Waals surface area contributed by atoms with Crippen molar-refractivity contribution >= 4 is 0 Å². The molecule has 0 saturated carbocycles. The molecule has 1 aliphatic rings. The van der Waals surface area contributed by atoms with E-state index in [4.69, 9.17) is 9.47 Å². The highest BCUT2D eigenvalue weighted by Gasteiger charge is 2.24. The van der Waals surface area contributed by atoms with E-state index in [-0.39, 0.29) is 18.1 Å². The lowest BCUT2D eigenvalue weighted by Gasteiger charge is -2.36. The largest absolute Gasteiger partial charge is 0.389 e. The van der Waals surface area contributed by atoms with Gasteiger partial charge in [-0.25, -0.2) is 0 Å². The minimum absolute atomic E-state index is 0.169. The Morgan fingerprint density at radius 1 is 0.926 bits per heavy atom. The molecular formula is C23H31NO3. The van der Waals surface area contributed by atoms with Gasteiger partial charge >= 0.3 is 0 Å². The number of benzene rings is 2. The SMILES string of the molecule is C[C@@H]1CN(C[C@@H](O)COCC(c2ccccc2)c2ccccc2)C[C@@H](C)O1. The molecule has 2 aromatic rings. The summed E-state index contributed by atoms with van der Waals surface area (Å²) in [6.45, 7) is 7.40. The first-order chi connectivity index (χ1) is 13.1. The zero-order chi connectivity index (χ0) is 19.1. The Labute approximate surface area is 162 Å². The standard InChI is InChI=1S/C23H31NO3/c1-18-13-24(14-19(2)27-18)15-22(25)16-26-17-23(20-9-5-3-6-10-20)21-11-7-4-8-12-21/h3-12,18-19,22-23,25H,13-17H2,1-2H3/t18-,19-,22-/m1/s1.